The summed E-state index contributed by atoms with van der Waals surface area (Å²) >= 11 is 0. The Hall–Kier alpha value is -1.81. The lowest BCUT2D eigenvalue weighted by atomic mass is 10.1. The Labute approximate surface area is 114 Å². The number of aromatic nitrogens is 2. The second kappa shape index (κ2) is 6.38. The Morgan fingerprint density at radius 3 is 2.84 bits per heavy atom. The van der Waals surface area contributed by atoms with E-state index in [-0.39, 0.29) is 0 Å². The predicted octanol–water partition coefficient (Wildman–Crippen LogP) is 2.69. The van der Waals surface area contributed by atoms with Crippen LogP contribution in [0.2, 0.25) is 0 Å². The summed E-state index contributed by atoms with van der Waals surface area (Å²) in [5.74, 6) is 1.92. The number of benzene rings is 1. The third-order valence-electron chi connectivity index (χ3n) is 3.16. The molecule has 0 saturated heterocycles. The van der Waals surface area contributed by atoms with Crippen molar-refractivity contribution in [2.45, 2.75) is 26.9 Å². The number of rotatable bonds is 6. The van der Waals surface area contributed by atoms with E-state index >= 15 is 0 Å². The molecular formula is C15H21N3O. The largest absolute Gasteiger partial charge is 0.496 e. The van der Waals surface area contributed by atoms with E-state index < -0.39 is 0 Å². The van der Waals surface area contributed by atoms with Crippen LogP contribution >= 0.6 is 0 Å². The van der Waals surface area contributed by atoms with Crippen LogP contribution in [-0.4, -0.2) is 23.2 Å². The molecule has 1 N–H and O–H groups in total. The fourth-order valence-electron chi connectivity index (χ4n) is 2.14. The molecule has 4 heteroatoms. The van der Waals surface area contributed by atoms with E-state index in [0.29, 0.717) is 0 Å². The van der Waals surface area contributed by atoms with Gasteiger partial charge in [0.2, 0.25) is 0 Å². The standard InChI is InChI=1S/C15H21N3O/c1-4-16-11-13-10-12(6-7-14(13)19-3)15-17-8-9-18(15)5-2/h6-10,16H,4-5,11H2,1-3H3. The normalized spacial score (nSPS) is 10.7. The predicted molar refractivity (Wildman–Crippen MR) is 77.3 cm³/mol. The zero-order chi connectivity index (χ0) is 13.7. The van der Waals surface area contributed by atoms with E-state index in [0.717, 1.165) is 42.3 Å². The van der Waals surface area contributed by atoms with Gasteiger partial charge in [0.1, 0.15) is 11.6 Å². The average molecular weight is 259 g/mol. The molecule has 1 aromatic heterocycles. The lowest BCUT2D eigenvalue weighted by molar-refractivity contribution is 0.408. The monoisotopic (exact) mass is 259 g/mol. The van der Waals surface area contributed by atoms with Crippen molar-refractivity contribution in [1.82, 2.24) is 14.9 Å². The highest BCUT2D eigenvalue weighted by Gasteiger charge is 2.09. The molecule has 0 aliphatic carbocycles. The summed E-state index contributed by atoms with van der Waals surface area (Å²) in [5.41, 5.74) is 2.29. The molecule has 2 rings (SSSR count). The molecule has 0 spiro atoms. The smallest absolute Gasteiger partial charge is 0.139 e. The lowest BCUT2D eigenvalue weighted by Gasteiger charge is -2.12. The van der Waals surface area contributed by atoms with Gasteiger partial charge in [0, 0.05) is 36.6 Å². The van der Waals surface area contributed by atoms with Gasteiger partial charge in [-0.05, 0) is 31.7 Å². The highest BCUT2D eigenvalue weighted by atomic mass is 16.5. The average Bonchev–Trinajstić information content (AvgIpc) is 2.93. The minimum absolute atomic E-state index is 0.806. The first kappa shape index (κ1) is 13.6. The zero-order valence-electron chi connectivity index (χ0n) is 11.8. The molecule has 4 nitrogen and oxygen atoms in total. The maximum atomic E-state index is 5.40. The fourth-order valence-corrected chi connectivity index (χ4v) is 2.14. The maximum absolute atomic E-state index is 5.40. The summed E-state index contributed by atoms with van der Waals surface area (Å²) < 4.78 is 7.54. The molecular weight excluding hydrogens is 238 g/mol. The number of methoxy groups -OCH3 is 1. The first-order chi connectivity index (χ1) is 9.30. The summed E-state index contributed by atoms with van der Waals surface area (Å²) in [5, 5.41) is 3.33. The van der Waals surface area contributed by atoms with Crippen LogP contribution in [-0.2, 0) is 13.1 Å². The second-order valence-corrected chi connectivity index (χ2v) is 4.34. The Balaban J connectivity index is 2.36. The quantitative estimate of drug-likeness (QED) is 0.867. The topological polar surface area (TPSA) is 39.1 Å². The number of hydrogen-bond acceptors (Lipinski definition) is 3. The summed E-state index contributed by atoms with van der Waals surface area (Å²) in [6, 6.07) is 6.22. The lowest BCUT2D eigenvalue weighted by Crippen LogP contribution is -2.12. The highest BCUT2D eigenvalue weighted by Crippen LogP contribution is 2.25. The minimum atomic E-state index is 0.806. The van der Waals surface area contributed by atoms with Crippen LogP contribution in [0, 0.1) is 0 Å². The number of nitrogens with one attached hydrogen (secondary N) is 1. The molecule has 102 valence electrons. The Morgan fingerprint density at radius 2 is 2.16 bits per heavy atom. The van der Waals surface area contributed by atoms with Gasteiger partial charge in [-0.15, -0.1) is 0 Å². The van der Waals surface area contributed by atoms with Gasteiger partial charge >= 0.3 is 0 Å². The van der Waals surface area contributed by atoms with Gasteiger partial charge in [-0.1, -0.05) is 6.92 Å². The molecule has 0 saturated carbocycles. The van der Waals surface area contributed by atoms with Gasteiger partial charge in [0.25, 0.3) is 0 Å². The molecule has 0 unspecified atom stereocenters. The molecule has 1 aromatic carbocycles. The summed E-state index contributed by atoms with van der Waals surface area (Å²) in [6.45, 7) is 6.88. The van der Waals surface area contributed by atoms with Crippen molar-refractivity contribution in [3.63, 3.8) is 0 Å². The first-order valence-corrected chi connectivity index (χ1v) is 6.69. The summed E-state index contributed by atoms with van der Waals surface area (Å²) in [7, 11) is 1.71. The number of hydrogen-bond donors (Lipinski definition) is 1. The first-order valence-electron chi connectivity index (χ1n) is 6.69. The molecule has 1 heterocycles. The molecule has 0 aliphatic rings. The van der Waals surface area contributed by atoms with Gasteiger partial charge in [-0.2, -0.15) is 0 Å². The molecule has 0 bridgehead atoms. The number of ether oxygens (including phenoxy) is 1. The van der Waals surface area contributed by atoms with Crippen molar-refractivity contribution in [2.24, 2.45) is 0 Å². The Kier molecular flexibility index (Phi) is 4.58. The SMILES string of the molecule is CCNCc1cc(-c2nccn2CC)ccc1OC. The molecule has 0 atom stereocenters. The van der Waals surface area contributed by atoms with Crippen molar-refractivity contribution in [3.05, 3.63) is 36.2 Å². The fraction of sp³-hybridized carbons (Fsp3) is 0.400. The van der Waals surface area contributed by atoms with Crippen molar-refractivity contribution in [1.29, 1.82) is 0 Å². The number of imidazole rings is 1. The summed E-state index contributed by atoms with van der Waals surface area (Å²) in [6.07, 6.45) is 3.84. The molecule has 0 amide bonds. The van der Waals surface area contributed by atoms with Gasteiger partial charge in [0.15, 0.2) is 0 Å². The van der Waals surface area contributed by atoms with Crippen LogP contribution in [0.15, 0.2) is 30.6 Å². The van der Waals surface area contributed by atoms with Crippen molar-refractivity contribution in [2.75, 3.05) is 13.7 Å². The zero-order valence-corrected chi connectivity index (χ0v) is 11.8. The molecule has 0 fully saturated rings. The third kappa shape index (κ3) is 2.96. The Bertz CT molecular complexity index is 534. The third-order valence-corrected chi connectivity index (χ3v) is 3.16. The van der Waals surface area contributed by atoms with Crippen LogP contribution in [0.3, 0.4) is 0 Å². The van der Waals surface area contributed by atoms with E-state index in [9.17, 15) is 0 Å². The molecule has 0 radical (unpaired) electrons. The Morgan fingerprint density at radius 1 is 1.32 bits per heavy atom. The number of aryl methyl sites for hydroxylation is 1. The minimum Gasteiger partial charge on any atom is -0.496 e. The van der Waals surface area contributed by atoms with Crippen molar-refractivity contribution >= 4 is 0 Å². The van der Waals surface area contributed by atoms with Gasteiger partial charge in [-0.25, -0.2) is 4.98 Å². The van der Waals surface area contributed by atoms with Crippen LogP contribution in [0.25, 0.3) is 11.4 Å². The van der Waals surface area contributed by atoms with E-state index in [4.69, 9.17) is 4.74 Å². The van der Waals surface area contributed by atoms with Gasteiger partial charge in [0.05, 0.1) is 7.11 Å². The van der Waals surface area contributed by atoms with E-state index in [1.54, 1.807) is 7.11 Å². The van der Waals surface area contributed by atoms with Crippen molar-refractivity contribution < 1.29 is 4.74 Å². The highest BCUT2D eigenvalue weighted by molar-refractivity contribution is 5.59. The van der Waals surface area contributed by atoms with Gasteiger partial charge < -0.3 is 14.6 Å². The van der Waals surface area contributed by atoms with E-state index in [1.165, 1.54) is 0 Å². The number of nitrogens with zero attached hydrogens (tertiary/aromatic N) is 2. The van der Waals surface area contributed by atoms with Crippen molar-refractivity contribution in [3.8, 4) is 17.1 Å². The van der Waals surface area contributed by atoms with E-state index in [1.807, 2.05) is 18.5 Å². The molecule has 0 aliphatic heterocycles. The maximum Gasteiger partial charge on any atom is 0.139 e. The van der Waals surface area contributed by atoms with Crippen LogP contribution < -0.4 is 10.1 Å². The van der Waals surface area contributed by atoms with E-state index in [2.05, 4.69) is 40.8 Å². The summed E-state index contributed by atoms with van der Waals surface area (Å²) in [4.78, 5) is 4.44. The second-order valence-electron chi connectivity index (χ2n) is 4.34. The van der Waals surface area contributed by atoms with Crippen LogP contribution in [0.4, 0.5) is 0 Å². The van der Waals surface area contributed by atoms with Crippen LogP contribution in [0.1, 0.15) is 19.4 Å². The molecule has 2 aromatic rings. The molecule has 19 heavy (non-hydrogen) atoms. The van der Waals surface area contributed by atoms with Crippen LogP contribution in [0.5, 0.6) is 5.75 Å². The van der Waals surface area contributed by atoms with Gasteiger partial charge in [-0.3, -0.25) is 0 Å².